The first-order valence-corrected chi connectivity index (χ1v) is 9.66. The molecule has 0 bridgehead atoms. The van der Waals surface area contributed by atoms with Crippen molar-refractivity contribution in [2.75, 3.05) is 0 Å². The topological polar surface area (TPSA) is 37.3 Å². The van der Waals surface area contributed by atoms with Crippen molar-refractivity contribution in [2.45, 2.75) is 76.7 Å². The van der Waals surface area contributed by atoms with Crippen molar-refractivity contribution in [3.05, 3.63) is 0 Å². The molecule has 4 saturated carbocycles. The van der Waals surface area contributed by atoms with Gasteiger partial charge in [0.15, 0.2) is 5.78 Å². The number of carbonyl (C=O) groups excluding carboxylic acids is 1. The van der Waals surface area contributed by atoms with E-state index in [9.17, 15) is 9.90 Å². The molecule has 4 aliphatic carbocycles. The third-order valence-corrected chi connectivity index (χ3v) is 8.71. The summed E-state index contributed by atoms with van der Waals surface area (Å²) in [6, 6.07) is 0. The van der Waals surface area contributed by atoms with Crippen LogP contribution < -0.4 is 0 Å². The Morgan fingerprint density at radius 1 is 1.05 bits per heavy atom. The molecular weight excluding hydrogens is 296 g/mol. The van der Waals surface area contributed by atoms with Gasteiger partial charge in [-0.2, -0.15) is 0 Å². The lowest BCUT2D eigenvalue weighted by atomic mass is 9.45. The molecular formula is C19H29ClO2. The fourth-order valence-corrected chi connectivity index (χ4v) is 7.43. The van der Waals surface area contributed by atoms with E-state index < -0.39 is 0 Å². The Kier molecular flexibility index (Phi) is 3.48. The maximum atomic E-state index is 12.6. The van der Waals surface area contributed by atoms with Crippen LogP contribution in [0.3, 0.4) is 0 Å². The van der Waals surface area contributed by atoms with Gasteiger partial charge in [-0.05, 0) is 80.5 Å². The van der Waals surface area contributed by atoms with Gasteiger partial charge >= 0.3 is 0 Å². The molecule has 0 spiro atoms. The molecule has 22 heavy (non-hydrogen) atoms. The summed E-state index contributed by atoms with van der Waals surface area (Å²) in [6.45, 7) is 4.68. The predicted molar refractivity (Wildman–Crippen MR) is 87.8 cm³/mol. The van der Waals surface area contributed by atoms with Crippen molar-refractivity contribution in [1.29, 1.82) is 0 Å². The molecule has 0 aromatic rings. The molecule has 4 rings (SSSR count). The number of aliphatic hydroxyl groups excluding tert-OH is 1. The standard InChI is InChI=1S/C19H29ClO2/c1-18-7-5-12(21)9-11(18)3-4-13-14(18)6-8-19(2)15(13)10-16(20)17(19)22/h11-16,21H,3-10H2,1-2H3/t11-,12-,13+,14-,15-,16+,18-,19-/m0/s1. The van der Waals surface area contributed by atoms with Crippen LogP contribution in [0.5, 0.6) is 0 Å². The van der Waals surface area contributed by atoms with Gasteiger partial charge < -0.3 is 5.11 Å². The second-order valence-corrected chi connectivity index (χ2v) is 9.64. The number of Topliss-reactive ketones (excluding diaryl/α,β-unsaturated/α-hetero) is 1. The molecule has 1 N–H and O–H groups in total. The van der Waals surface area contributed by atoms with Crippen LogP contribution in [0.2, 0.25) is 0 Å². The third kappa shape index (κ3) is 1.92. The van der Waals surface area contributed by atoms with E-state index >= 15 is 0 Å². The molecule has 4 fully saturated rings. The van der Waals surface area contributed by atoms with Crippen molar-refractivity contribution in [1.82, 2.24) is 0 Å². The van der Waals surface area contributed by atoms with Crippen LogP contribution in [-0.2, 0) is 4.79 Å². The van der Waals surface area contributed by atoms with Crippen LogP contribution in [0, 0.1) is 34.5 Å². The summed E-state index contributed by atoms with van der Waals surface area (Å²) in [6.07, 6.45) is 8.67. The molecule has 124 valence electrons. The molecule has 3 heteroatoms. The maximum absolute atomic E-state index is 12.6. The number of carbonyl (C=O) groups is 1. The largest absolute Gasteiger partial charge is 0.393 e. The van der Waals surface area contributed by atoms with E-state index in [1.54, 1.807) is 0 Å². The molecule has 0 heterocycles. The second kappa shape index (κ2) is 4.96. The number of hydrogen-bond donors (Lipinski definition) is 1. The van der Waals surface area contributed by atoms with E-state index in [-0.39, 0.29) is 16.9 Å². The van der Waals surface area contributed by atoms with E-state index in [1.165, 1.54) is 25.7 Å². The summed E-state index contributed by atoms with van der Waals surface area (Å²) in [4.78, 5) is 12.6. The Balaban J connectivity index is 1.64. The van der Waals surface area contributed by atoms with Gasteiger partial charge in [0.05, 0.1) is 11.5 Å². The van der Waals surface area contributed by atoms with Gasteiger partial charge in [0, 0.05) is 5.41 Å². The number of hydrogen-bond acceptors (Lipinski definition) is 2. The minimum Gasteiger partial charge on any atom is -0.393 e. The lowest BCUT2D eigenvalue weighted by Crippen LogP contribution is -2.54. The lowest BCUT2D eigenvalue weighted by molar-refractivity contribution is -0.142. The highest BCUT2D eigenvalue weighted by Crippen LogP contribution is 2.65. The van der Waals surface area contributed by atoms with Crippen LogP contribution in [0.25, 0.3) is 0 Å². The zero-order chi connectivity index (χ0) is 15.7. The first kappa shape index (κ1) is 15.4. The van der Waals surface area contributed by atoms with Crippen LogP contribution in [-0.4, -0.2) is 22.4 Å². The smallest absolute Gasteiger partial charge is 0.156 e. The molecule has 0 radical (unpaired) electrons. The number of ketones is 1. The molecule has 0 aliphatic heterocycles. The third-order valence-electron chi connectivity index (χ3n) is 8.34. The van der Waals surface area contributed by atoms with E-state index in [4.69, 9.17) is 11.6 Å². The maximum Gasteiger partial charge on any atom is 0.156 e. The quantitative estimate of drug-likeness (QED) is 0.679. The van der Waals surface area contributed by atoms with Gasteiger partial charge in [-0.25, -0.2) is 0 Å². The first-order chi connectivity index (χ1) is 10.4. The Bertz CT molecular complexity index is 492. The average molecular weight is 325 g/mol. The highest BCUT2D eigenvalue weighted by molar-refractivity contribution is 6.32. The molecule has 0 aromatic heterocycles. The summed E-state index contributed by atoms with van der Waals surface area (Å²) in [5, 5.41) is 9.81. The fraction of sp³-hybridized carbons (Fsp3) is 0.947. The summed E-state index contributed by atoms with van der Waals surface area (Å²) in [5.41, 5.74) is 0.238. The van der Waals surface area contributed by atoms with Gasteiger partial charge in [-0.1, -0.05) is 13.8 Å². The molecule has 0 saturated heterocycles. The number of rotatable bonds is 0. The van der Waals surface area contributed by atoms with Crippen molar-refractivity contribution in [2.24, 2.45) is 34.5 Å². The predicted octanol–water partition coefficient (Wildman–Crippen LogP) is 4.18. The fourth-order valence-electron chi connectivity index (χ4n) is 6.98. The van der Waals surface area contributed by atoms with Crippen molar-refractivity contribution >= 4 is 17.4 Å². The second-order valence-electron chi connectivity index (χ2n) is 9.11. The van der Waals surface area contributed by atoms with Gasteiger partial charge in [-0.15, -0.1) is 11.6 Å². The lowest BCUT2D eigenvalue weighted by Gasteiger charge is -2.60. The Morgan fingerprint density at radius 3 is 2.59 bits per heavy atom. The van der Waals surface area contributed by atoms with Crippen LogP contribution >= 0.6 is 11.6 Å². The van der Waals surface area contributed by atoms with Gasteiger partial charge in [0.25, 0.3) is 0 Å². The molecule has 0 aromatic carbocycles. The van der Waals surface area contributed by atoms with Gasteiger partial charge in [0.1, 0.15) is 0 Å². The van der Waals surface area contributed by atoms with Crippen LogP contribution in [0.1, 0.15) is 65.2 Å². The number of fused-ring (bicyclic) bond motifs is 5. The minimum atomic E-state index is -0.243. The van der Waals surface area contributed by atoms with Gasteiger partial charge in [-0.3, -0.25) is 4.79 Å². The van der Waals surface area contributed by atoms with E-state index in [0.717, 1.165) is 31.6 Å². The Hall–Kier alpha value is -0.0800. The number of aliphatic hydroxyl groups is 1. The summed E-state index contributed by atoms with van der Waals surface area (Å²) < 4.78 is 0. The summed E-state index contributed by atoms with van der Waals surface area (Å²) >= 11 is 6.37. The Labute approximate surface area is 139 Å². The van der Waals surface area contributed by atoms with Crippen LogP contribution in [0.15, 0.2) is 0 Å². The molecule has 8 atom stereocenters. The van der Waals surface area contributed by atoms with E-state index in [2.05, 4.69) is 13.8 Å². The first-order valence-electron chi connectivity index (χ1n) is 9.23. The monoisotopic (exact) mass is 324 g/mol. The molecule has 2 nitrogen and oxygen atoms in total. The van der Waals surface area contributed by atoms with Crippen molar-refractivity contribution in [3.63, 3.8) is 0 Å². The zero-order valence-electron chi connectivity index (χ0n) is 13.9. The van der Waals surface area contributed by atoms with Gasteiger partial charge in [0.2, 0.25) is 0 Å². The Morgan fingerprint density at radius 2 is 1.82 bits per heavy atom. The highest BCUT2D eigenvalue weighted by atomic mass is 35.5. The van der Waals surface area contributed by atoms with Crippen LogP contribution in [0.4, 0.5) is 0 Å². The molecule has 0 amide bonds. The summed E-state index contributed by atoms with van der Waals surface area (Å²) in [7, 11) is 0. The van der Waals surface area contributed by atoms with E-state index in [0.29, 0.717) is 29.0 Å². The number of alkyl halides is 1. The minimum absolute atomic E-state index is 0.0799. The van der Waals surface area contributed by atoms with Crippen molar-refractivity contribution in [3.8, 4) is 0 Å². The highest BCUT2D eigenvalue weighted by Gasteiger charge is 2.62. The molecule has 4 aliphatic rings. The zero-order valence-corrected chi connectivity index (χ0v) is 14.6. The average Bonchev–Trinajstić information content (AvgIpc) is 2.72. The van der Waals surface area contributed by atoms with Crippen molar-refractivity contribution < 1.29 is 9.90 Å². The summed E-state index contributed by atoms with van der Waals surface area (Å²) in [5.74, 6) is 2.94. The normalized spacial score (nSPS) is 57.9. The molecule has 0 unspecified atom stereocenters. The SMILES string of the molecule is C[C@]12CC[C@H](O)C[C@@H]1CC[C@@H]1[C@@H]2CC[C@]2(C)C(=O)[C@H](Cl)C[C@@H]12. The van der Waals surface area contributed by atoms with E-state index in [1.807, 2.05) is 0 Å². The number of halogens is 1.